The van der Waals surface area contributed by atoms with E-state index in [-0.39, 0.29) is 18.0 Å². The van der Waals surface area contributed by atoms with E-state index in [1.54, 1.807) is 6.07 Å². The number of benzene rings is 1. The normalized spacial score (nSPS) is 14.2. The van der Waals surface area contributed by atoms with Crippen LogP contribution in [0, 0.1) is 0 Å². The van der Waals surface area contributed by atoms with Crippen molar-refractivity contribution in [1.29, 1.82) is 0 Å². The maximum absolute atomic E-state index is 11.0. The summed E-state index contributed by atoms with van der Waals surface area (Å²) < 4.78 is 4.73. The third-order valence-electron chi connectivity index (χ3n) is 1.83. The van der Waals surface area contributed by atoms with Crippen molar-refractivity contribution in [3.8, 4) is 5.75 Å². The number of nitrogen functional groups attached to an aromatic ring is 1. The van der Waals surface area contributed by atoms with Gasteiger partial charge >= 0.3 is 5.97 Å². The van der Waals surface area contributed by atoms with Gasteiger partial charge in [-0.3, -0.25) is 0 Å². The number of cyclic esters (lactones) is 1. The molecule has 12 heavy (non-hydrogen) atoms. The number of phenols is 1. The molecule has 0 bridgehead atoms. The molecular formula is C8H7NO3. The summed E-state index contributed by atoms with van der Waals surface area (Å²) in [6, 6.07) is 2.88. The lowest BCUT2D eigenvalue weighted by Gasteiger charge is -1.99. The second kappa shape index (κ2) is 2.14. The summed E-state index contributed by atoms with van der Waals surface area (Å²) in [5.74, 6) is -0.479. The van der Waals surface area contributed by atoms with E-state index in [0.29, 0.717) is 5.56 Å². The lowest BCUT2D eigenvalue weighted by Crippen LogP contribution is -1.94. The van der Waals surface area contributed by atoms with Gasteiger partial charge in [-0.15, -0.1) is 0 Å². The monoisotopic (exact) mass is 165 g/mol. The van der Waals surface area contributed by atoms with E-state index in [2.05, 4.69) is 0 Å². The van der Waals surface area contributed by atoms with Crippen molar-refractivity contribution >= 4 is 11.7 Å². The van der Waals surface area contributed by atoms with Crippen LogP contribution in [0.4, 0.5) is 5.69 Å². The highest BCUT2D eigenvalue weighted by Crippen LogP contribution is 2.29. The summed E-state index contributed by atoms with van der Waals surface area (Å²) in [6.07, 6.45) is 0. The lowest BCUT2D eigenvalue weighted by molar-refractivity contribution is 0.0535. The van der Waals surface area contributed by atoms with Crippen LogP contribution < -0.4 is 5.73 Å². The van der Waals surface area contributed by atoms with E-state index in [0.717, 1.165) is 5.56 Å². The summed E-state index contributed by atoms with van der Waals surface area (Å²) in [4.78, 5) is 11.0. The summed E-state index contributed by atoms with van der Waals surface area (Å²) >= 11 is 0. The number of esters is 1. The topological polar surface area (TPSA) is 72.5 Å². The summed E-state index contributed by atoms with van der Waals surface area (Å²) in [7, 11) is 0. The molecule has 4 heteroatoms. The first kappa shape index (κ1) is 6.97. The van der Waals surface area contributed by atoms with Gasteiger partial charge in [-0.05, 0) is 12.1 Å². The maximum Gasteiger partial charge on any atom is 0.339 e. The molecule has 1 heterocycles. The number of carbonyl (C=O) groups excluding carboxylic acids is 1. The first-order chi connectivity index (χ1) is 5.68. The predicted molar refractivity (Wildman–Crippen MR) is 41.6 cm³/mol. The fourth-order valence-electron chi connectivity index (χ4n) is 1.18. The van der Waals surface area contributed by atoms with Crippen molar-refractivity contribution < 1.29 is 14.6 Å². The summed E-state index contributed by atoms with van der Waals surface area (Å²) in [5.41, 5.74) is 6.83. The molecule has 0 amide bonds. The molecule has 0 saturated heterocycles. The molecule has 1 aromatic carbocycles. The molecule has 0 saturated carbocycles. The third-order valence-corrected chi connectivity index (χ3v) is 1.83. The highest BCUT2D eigenvalue weighted by molar-refractivity contribution is 5.94. The highest BCUT2D eigenvalue weighted by Gasteiger charge is 2.22. The number of hydrogen-bond donors (Lipinski definition) is 2. The van der Waals surface area contributed by atoms with Crippen LogP contribution in [0.1, 0.15) is 15.9 Å². The Labute approximate surface area is 68.6 Å². The molecule has 0 aliphatic carbocycles. The second-order valence-corrected chi connectivity index (χ2v) is 2.64. The van der Waals surface area contributed by atoms with E-state index in [9.17, 15) is 4.79 Å². The molecule has 2 rings (SSSR count). The molecule has 0 radical (unpaired) electrons. The average molecular weight is 165 g/mol. The smallest absolute Gasteiger partial charge is 0.339 e. The van der Waals surface area contributed by atoms with Gasteiger partial charge in [0, 0.05) is 5.56 Å². The molecule has 1 aliphatic heterocycles. The van der Waals surface area contributed by atoms with Gasteiger partial charge in [0.25, 0.3) is 0 Å². The highest BCUT2D eigenvalue weighted by atomic mass is 16.5. The van der Waals surface area contributed by atoms with Crippen molar-refractivity contribution in [2.75, 3.05) is 5.73 Å². The summed E-state index contributed by atoms with van der Waals surface area (Å²) in [5, 5.41) is 9.17. The van der Waals surface area contributed by atoms with Gasteiger partial charge < -0.3 is 15.6 Å². The molecule has 0 unspecified atom stereocenters. The number of phenolic OH excluding ortho intramolecular Hbond substituents is 1. The van der Waals surface area contributed by atoms with Gasteiger partial charge in [0.1, 0.15) is 12.4 Å². The van der Waals surface area contributed by atoms with Crippen molar-refractivity contribution in [2.45, 2.75) is 6.61 Å². The standard InChI is InChI=1S/C8H7NO3/c9-6-1-4-3-12-8(11)5(4)2-7(6)10/h1-2,10H,3,9H2. The Balaban J connectivity index is 2.63. The molecular weight excluding hydrogens is 158 g/mol. The van der Waals surface area contributed by atoms with E-state index in [1.165, 1.54) is 6.07 Å². The fourth-order valence-corrected chi connectivity index (χ4v) is 1.18. The Kier molecular flexibility index (Phi) is 1.24. The molecule has 62 valence electrons. The molecule has 3 N–H and O–H groups in total. The Morgan fingerprint density at radius 3 is 3.00 bits per heavy atom. The maximum atomic E-state index is 11.0. The second-order valence-electron chi connectivity index (χ2n) is 2.64. The van der Waals surface area contributed by atoms with Crippen molar-refractivity contribution in [1.82, 2.24) is 0 Å². The van der Waals surface area contributed by atoms with Gasteiger partial charge in [0.15, 0.2) is 0 Å². The zero-order chi connectivity index (χ0) is 8.72. The molecule has 1 aliphatic rings. The van der Waals surface area contributed by atoms with Crippen LogP contribution in [0.5, 0.6) is 5.75 Å². The van der Waals surface area contributed by atoms with Gasteiger partial charge in [0.2, 0.25) is 0 Å². The average Bonchev–Trinajstić information content (AvgIpc) is 2.35. The number of rotatable bonds is 0. The minimum atomic E-state index is -0.402. The molecule has 0 aromatic heterocycles. The predicted octanol–water partition coefficient (Wildman–Crippen LogP) is 0.645. The lowest BCUT2D eigenvalue weighted by atomic mass is 10.1. The largest absolute Gasteiger partial charge is 0.506 e. The van der Waals surface area contributed by atoms with Crippen molar-refractivity contribution in [3.05, 3.63) is 23.3 Å². The molecule has 4 nitrogen and oxygen atoms in total. The van der Waals surface area contributed by atoms with Crippen LogP contribution in [0.15, 0.2) is 12.1 Å². The third kappa shape index (κ3) is 0.812. The Hall–Kier alpha value is -1.71. The summed E-state index contributed by atoms with van der Waals surface area (Å²) in [6.45, 7) is 0.249. The SMILES string of the molecule is Nc1cc2c(cc1O)C(=O)OC2. The van der Waals surface area contributed by atoms with Crippen LogP contribution in [0.3, 0.4) is 0 Å². The number of nitrogens with two attached hydrogens (primary N) is 1. The Bertz CT molecular complexity index is 360. The number of aromatic hydroxyl groups is 1. The fraction of sp³-hybridized carbons (Fsp3) is 0.125. The first-order valence-corrected chi connectivity index (χ1v) is 3.47. The van der Waals surface area contributed by atoms with Gasteiger partial charge in [-0.25, -0.2) is 4.79 Å². The van der Waals surface area contributed by atoms with Crippen LogP contribution in [-0.2, 0) is 11.3 Å². The first-order valence-electron chi connectivity index (χ1n) is 3.47. The van der Waals surface area contributed by atoms with Crippen LogP contribution in [0.2, 0.25) is 0 Å². The van der Waals surface area contributed by atoms with Gasteiger partial charge in [-0.2, -0.15) is 0 Å². The van der Waals surface area contributed by atoms with Crippen LogP contribution in [0.25, 0.3) is 0 Å². The number of hydrogen-bond acceptors (Lipinski definition) is 4. The molecule has 0 spiro atoms. The number of ether oxygens (including phenoxy) is 1. The minimum Gasteiger partial charge on any atom is -0.506 e. The quantitative estimate of drug-likeness (QED) is 0.336. The molecule has 1 aromatic rings. The number of carbonyl (C=O) groups is 1. The molecule has 0 fully saturated rings. The van der Waals surface area contributed by atoms with Crippen LogP contribution in [-0.4, -0.2) is 11.1 Å². The van der Waals surface area contributed by atoms with Crippen molar-refractivity contribution in [3.63, 3.8) is 0 Å². The van der Waals surface area contributed by atoms with Crippen molar-refractivity contribution in [2.24, 2.45) is 0 Å². The van der Waals surface area contributed by atoms with E-state index < -0.39 is 5.97 Å². The van der Waals surface area contributed by atoms with E-state index >= 15 is 0 Å². The van der Waals surface area contributed by atoms with Gasteiger partial charge in [0.05, 0.1) is 11.3 Å². The number of fused-ring (bicyclic) bond motifs is 1. The Morgan fingerprint density at radius 2 is 2.25 bits per heavy atom. The Morgan fingerprint density at radius 1 is 1.50 bits per heavy atom. The minimum absolute atomic E-state index is 0.0763. The van der Waals surface area contributed by atoms with E-state index in [4.69, 9.17) is 15.6 Å². The van der Waals surface area contributed by atoms with Crippen LogP contribution >= 0.6 is 0 Å². The number of anilines is 1. The zero-order valence-corrected chi connectivity index (χ0v) is 6.20. The van der Waals surface area contributed by atoms with E-state index in [1.807, 2.05) is 0 Å². The zero-order valence-electron chi connectivity index (χ0n) is 6.20. The molecule has 0 atom stereocenters. The van der Waals surface area contributed by atoms with Gasteiger partial charge in [-0.1, -0.05) is 0 Å².